The highest BCUT2D eigenvalue weighted by Gasteiger charge is 2.31. The number of nitrogens with two attached hydrogens (primary N) is 1. The molecule has 0 aliphatic rings. The topological polar surface area (TPSA) is 67.6 Å². The van der Waals surface area contributed by atoms with Crippen LogP contribution in [0.25, 0.3) is 22.5 Å². The van der Waals surface area contributed by atoms with Crippen LogP contribution in [0.1, 0.15) is 18.1 Å². The molecular formula is C17H15F3N4. The van der Waals surface area contributed by atoms with Gasteiger partial charge in [0.25, 0.3) is 0 Å². The van der Waals surface area contributed by atoms with Gasteiger partial charge in [-0.25, -0.2) is 9.97 Å². The van der Waals surface area contributed by atoms with Gasteiger partial charge >= 0.3 is 6.18 Å². The van der Waals surface area contributed by atoms with Crippen molar-refractivity contribution < 1.29 is 13.2 Å². The molecule has 24 heavy (non-hydrogen) atoms. The monoisotopic (exact) mass is 332 g/mol. The first-order valence-electron chi connectivity index (χ1n) is 7.35. The van der Waals surface area contributed by atoms with Crippen LogP contribution >= 0.6 is 0 Å². The molecule has 3 aromatic rings. The molecule has 0 saturated carbocycles. The van der Waals surface area contributed by atoms with E-state index in [2.05, 4.69) is 15.0 Å². The van der Waals surface area contributed by atoms with Crippen LogP contribution < -0.4 is 5.73 Å². The van der Waals surface area contributed by atoms with Crippen molar-refractivity contribution in [2.75, 3.05) is 5.73 Å². The molecule has 2 heterocycles. The molecule has 0 unspecified atom stereocenters. The second-order valence-corrected chi connectivity index (χ2v) is 5.35. The molecule has 0 radical (unpaired) electrons. The minimum Gasteiger partial charge on any atom is -0.384 e. The van der Waals surface area contributed by atoms with E-state index >= 15 is 0 Å². The molecule has 0 aliphatic heterocycles. The largest absolute Gasteiger partial charge is 0.416 e. The van der Waals surface area contributed by atoms with Crippen LogP contribution in [0.3, 0.4) is 0 Å². The van der Waals surface area contributed by atoms with E-state index < -0.39 is 11.7 Å². The van der Waals surface area contributed by atoms with Crippen LogP contribution in [-0.2, 0) is 12.6 Å². The second-order valence-electron chi connectivity index (χ2n) is 5.35. The number of rotatable bonds is 3. The average Bonchev–Trinajstić information content (AvgIpc) is 3.03. The third-order valence-electron chi connectivity index (χ3n) is 3.78. The van der Waals surface area contributed by atoms with Gasteiger partial charge in [-0.1, -0.05) is 13.0 Å². The lowest BCUT2D eigenvalue weighted by atomic mass is 9.97. The number of H-pyrrole nitrogens is 1. The summed E-state index contributed by atoms with van der Waals surface area (Å²) in [7, 11) is 0. The second kappa shape index (κ2) is 5.99. The minimum atomic E-state index is -4.37. The van der Waals surface area contributed by atoms with Gasteiger partial charge in [0.2, 0.25) is 0 Å². The minimum absolute atomic E-state index is 0.324. The first-order valence-corrected chi connectivity index (χ1v) is 7.35. The van der Waals surface area contributed by atoms with Crippen molar-refractivity contribution in [2.45, 2.75) is 19.5 Å². The van der Waals surface area contributed by atoms with E-state index in [1.807, 2.05) is 6.92 Å². The number of halogens is 3. The van der Waals surface area contributed by atoms with Crippen LogP contribution in [0.15, 0.2) is 42.9 Å². The number of nitrogens with zero attached hydrogens (tertiary/aromatic N) is 2. The van der Waals surface area contributed by atoms with Gasteiger partial charge < -0.3 is 10.7 Å². The van der Waals surface area contributed by atoms with E-state index in [0.717, 1.165) is 11.6 Å². The van der Waals surface area contributed by atoms with Crippen molar-refractivity contribution in [2.24, 2.45) is 0 Å². The molecule has 7 heteroatoms. The van der Waals surface area contributed by atoms with Gasteiger partial charge in [0, 0.05) is 17.8 Å². The Balaban J connectivity index is 2.06. The van der Waals surface area contributed by atoms with E-state index in [-0.39, 0.29) is 0 Å². The standard InChI is InChI=1S/C17H15F3N4/c1-2-10-3-4-12(17(18,19)20)6-13(10)11-5-14(22-8-11)15-7-16(21)24-9-23-15/h3-9,22H,2H2,1H3,(H2,21,23,24). The lowest BCUT2D eigenvalue weighted by molar-refractivity contribution is -0.137. The Morgan fingerprint density at radius 3 is 2.58 bits per heavy atom. The number of aromatic amines is 1. The molecule has 1 aromatic carbocycles. The van der Waals surface area contributed by atoms with Crippen molar-refractivity contribution in [1.29, 1.82) is 0 Å². The molecule has 4 nitrogen and oxygen atoms in total. The lowest BCUT2D eigenvalue weighted by Gasteiger charge is -2.11. The number of benzene rings is 1. The highest BCUT2D eigenvalue weighted by molar-refractivity contribution is 5.73. The average molecular weight is 332 g/mol. The van der Waals surface area contributed by atoms with Crippen molar-refractivity contribution >= 4 is 5.82 Å². The van der Waals surface area contributed by atoms with Crippen molar-refractivity contribution in [3.05, 3.63) is 54.0 Å². The third kappa shape index (κ3) is 3.10. The van der Waals surface area contributed by atoms with E-state index in [9.17, 15) is 13.2 Å². The Kier molecular flexibility index (Phi) is 4.01. The number of hydrogen-bond acceptors (Lipinski definition) is 3. The Bertz CT molecular complexity index is 868. The van der Waals surface area contributed by atoms with Gasteiger partial charge in [-0.15, -0.1) is 0 Å². The predicted octanol–water partition coefficient (Wildman–Crippen LogP) is 4.30. The van der Waals surface area contributed by atoms with Gasteiger partial charge in [-0.2, -0.15) is 13.2 Å². The van der Waals surface area contributed by atoms with Crippen molar-refractivity contribution in [1.82, 2.24) is 15.0 Å². The number of alkyl halides is 3. The van der Waals surface area contributed by atoms with Crippen LogP contribution in [0, 0.1) is 0 Å². The van der Waals surface area contributed by atoms with Crippen LogP contribution in [-0.4, -0.2) is 15.0 Å². The smallest absolute Gasteiger partial charge is 0.384 e. The maximum Gasteiger partial charge on any atom is 0.416 e. The molecular weight excluding hydrogens is 317 g/mol. The number of aromatic nitrogens is 3. The van der Waals surface area contributed by atoms with Crippen LogP contribution in [0.2, 0.25) is 0 Å². The number of hydrogen-bond donors (Lipinski definition) is 2. The van der Waals surface area contributed by atoms with Gasteiger partial charge in [-0.3, -0.25) is 0 Å². The summed E-state index contributed by atoms with van der Waals surface area (Å²) < 4.78 is 39.0. The molecule has 0 atom stereocenters. The molecule has 3 N–H and O–H groups in total. The zero-order valence-electron chi connectivity index (χ0n) is 12.9. The molecule has 2 aromatic heterocycles. The fourth-order valence-electron chi connectivity index (χ4n) is 2.55. The van der Waals surface area contributed by atoms with E-state index in [1.54, 1.807) is 18.3 Å². The van der Waals surface area contributed by atoms with Gasteiger partial charge in [0.1, 0.15) is 12.1 Å². The molecule has 0 fully saturated rings. The Labute approximate surface area is 136 Å². The van der Waals surface area contributed by atoms with E-state index in [4.69, 9.17) is 5.73 Å². The zero-order valence-corrected chi connectivity index (χ0v) is 12.9. The molecule has 0 aliphatic carbocycles. The number of aryl methyl sites for hydroxylation is 1. The Morgan fingerprint density at radius 1 is 1.12 bits per heavy atom. The van der Waals surface area contributed by atoms with Crippen molar-refractivity contribution in [3.8, 4) is 22.5 Å². The first-order chi connectivity index (χ1) is 11.4. The third-order valence-corrected chi connectivity index (χ3v) is 3.78. The number of nitrogens with one attached hydrogen (secondary N) is 1. The Morgan fingerprint density at radius 2 is 1.92 bits per heavy atom. The normalized spacial score (nSPS) is 11.7. The summed E-state index contributed by atoms with van der Waals surface area (Å²) in [6.07, 6.45) is -0.731. The molecule has 0 spiro atoms. The predicted molar refractivity (Wildman–Crippen MR) is 86.0 cm³/mol. The lowest BCUT2D eigenvalue weighted by Crippen LogP contribution is -2.05. The molecule has 0 amide bonds. The number of anilines is 1. The summed E-state index contributed by atoms with van der Waals surface area (Å²) >= 11 is 0. The molecule has 0 saturated heterocycles. The van der Waals surface area contributed by atoms with Gasteiger partial charge in [-0.05, 0) is 35.7 Å². The fourth-order valence-corrected chi connectivity index (χ4v) is 2.55. The van der Waals surface area contributed by atoms with E-state index in [1.165, 1.54) is 18.5 Å². The van der Waals surface area contributed by atoms with Crippen LogP contribution in [0.4, 0.5) is 19.0 Å². The maximum atomic E-state index is 13.0. The fraction of sp³-hybridized carbons (Fsp3) is 0.176. The van der Waals surface area contributed by atoms with Gasteiger partial charge in [0.05, 0.1) is 17.0 Å². The van der Waals surface area contributed by atoms with Crippen molar-refractivity contribution in [3.63, 3.8) is 0 Å². The Hall–Kier alpha value is -2.83. The summed E-state index contributed by atoms with van der Waals surface area (Å²) in [6.45, 7) is 1.91. The molecule has 0 bridgehead atoms. The summed E-state index contributed by atoms with van der Waals surface area (Å²) in [5, 5.41) is 0. The highest BCUT2D eigenvalue weighted by Crippen LogP contribution is 2.35. The SMILES string of the molecule is CCc1ccc(C(F)(F)F)cc1-c1c[nH]c(-c2cc(N)ncn2)c1. The quantitative estimate of drug-likeness (QED) is 0.751. The highest BCUT2D eigenvalue weighted by atomic mass is 19.4. The molecule has 124 valence electrons. The maximum absolute atomic E-state index is 13.0. The summed E-state index contributed by atoms with van der Waals surface area (Å²) in [5.74, 6) is 0.324. The zero-order chi connectivity index (χ0) is 17.3. The van der Waals surface area contributed by atoms with Crippen LogP contribution in [0.5, 0.6) is 0 Å². The number of nitrogen functional groups attached to an aromatic ring is 1. The summed E-state index contributed by atoms with van der Waals surface area (Å²) in [4.78, 5) is 11.0. The summed E-state index contributed by atoms with van der Waals surface area (Å²) in [6, 6.07) is 7.17. The first kappa shape index (κ1) is 16.0. The van der Waals surface area contributed by atoms with Gasteiger partial charge in [0.15, 0.2) is 0 Å². The van der Waals surface area contributed by atoms with E-state index in [0.29, 0.717) is 34.8 Å². The summed E-state index contributed by atoms with van der Waals surface area (Å²) in [5.41, 5.74) is 8.29. The molecule has 3 rings (SSSR count).